The fourth-order valence-corrected chi connectivity index (χ4v) is 1.76. The Labute approximate surface area is 112 Å². The van der Waals surface area contributed by atoms with Crippen molar-refractivity contribution in [3.63, 3.8) is 0 Å². The normalized spacial score (nSPS) is 10.5. The van der Waals surface area contributed by atoms with E-state index in [1.165, 1.54) is 11.0 Å². The van der Waals surface area contributed by atoms with Crippen LogP contribution in [0.5, 0.6) is 5.75 Å². The molecule has 0 fully saturated rings. The molecule has 0 aromatic heterocycles. The molecule has 0 aliphatic rings. The Bertz CT molecular complexity index is 482. The second-order valence-corrected chi connectivity index (χ2v) is 4.63. The number of carboxylic acid groups (broad SMARTS) is 1. The first-order valence-corrected chi connectivity index (χ1v) is 6.21. The van der Waals surface area contributed by atoms with Crippen LogP contribution in [-0.4, -0.2) is 39.6 Å². The van der Waals surface area contributed by atoms with Gasteiger partial charge in [0.05, 0.1) is 5.56 Å². The Morgan fingerprint density at radius 1 is 1.32 bits per heavy atom. The summed E-state index contributed by atoms with van der Waals surface area (Å²) in [6.07, 6.45) is 0.737. The lowest BCUT2D eigenvalue weighted by molar-refractivity contribution is -0.138. The number of rotatable bonds is 5. The van der Waals surface area contributed by atoms with Gasteiger partial charge in [0.25, 0.3) is 5.91 Å². The zero-order chi connectivity index (χ0) is 14.6. The second-order valence-electron chi connectivity index (χ2n) is 4.63. The van der Waals surface area contributed by atoms with Crippen LogP contribution in [0.25, 0.3) is 0 Å². The van der Waals surface area contributed by atoms with E-state index in [0.29, 0.717) is 0 Å². The van der Waals surface area contributed by atoms with E-state index in [2.05, 4.69) is 0 Å². The fourth-order valence-electron chi connectivity index (χ4n) is 1.76. The molecule has 1 amide bonds. The summed E-state index contributed by atoms with van der Waals surface area (Å²) < 4.78 is 0. The smallest absolute Gasteiger partial charge is 0.323 e. The number of phenols is 1. The van der Waals surface area contributed by atoms with Crippen LogP contribution in [0.2, 0.25) is 0 Å². The van der Waals surface area contributed by atoms with Gasteiger partial charge in [0.1, 0.15) is 12.3 Å². The summed E-state index contributed by atoms with van der Waals surface area (Å²) in [4.78, 5) is 24.3. The minimum atomic E-state index is -1.08. The molecule has 0 saturated heterocycles. The Kier molecular flexibility index (Phi) is 4.92. The zero-order valence-corrected chi connectivity index (χ0v) is 11.4. The van der Waals surface area contributed by atoms with Crippen LogP contribution in [-0.2, 0) is 11.2 Å². The quantitative estimate of drug-likeness (QED) is 0.852. The maximum absolute atomic E-state index is 12.3. The molecular formula is C14H19NO4. The van der Waals surface area contributed by atoms with Crippen molar-refractivity contribution in [1.82, 2.24) is 4.90 Å². The summed E-state index contributed by atoms with van der Waals surface area (Å²) in [5, 5.41) is 18.6. The summed E-state index contributed by atoms with van der Waals surface area (Å²) in [7, 11) is 0. The highest BCUT2D eigenvalue weighted by molar-refractivity contribution is 5.98. The van der Waals surface area contributed by atoms with Gasteiger partial charge < -0.3 is 15.1 Å². The van der Waals surface area contributed by atoms with Gasteiger partial charge in [-0.3, -0.25) is 9.59 Å². The van der Waals surface area contributed by atoms with Crippen LogP contribution >= 0.6 is 0 Å². The van der Waals surface area contributed by atoms with Crippen LogP contribution in [0.4, 0.5) is 0 Å². The highest BCUT2D eigenvalue weighted by Crippen LogP contribution is 2.21. The summed E-state index contributed by atoms with van der Waals surface area (Å²) in [5.41, 5.74) is 1.06. The van der Waals surface area contributed by atoms with Gasteiger partial charge in [0.15, 0.2) is 0 Å². The molecule has 5 nitrogen and oxygen atoms in total. The van der Waals surface area contributed by atoms with E-state index in [1.54, 1.807) is 26.0 Å². The molecule has 0 unspecified atom stereocenters. The number of carbonyl (C=O) groups excluding carboxylic acids is 1. The number of nitrogens with zero attached hydrogens (tertiary/aromatic N) is 1. The number of aromatic hydroxyl groups is 1. The minimum absolute atomic E-state index is 0.127. The Balaban J connectivity index is 3.12. The molecule has 0 radical (unpaired) electrons. The maximum atomic E-state index is 12.3. The highest BCUT2D eigenvalue weighted by atomic mass is 16.4. The minimum Gasteiger partial charge on any atom is -0.507 e. The first kappa shape index (κ1) is 15.0. The van der Waals surface area contributed by atoms with E-state index in [0.717, 1.165) is 12.0 Å². The van der Waals surface area contributed by atoms with Crippen molar-refractivity contribution < 1.29 is 19.8 Å². The number of benzene rings is 1. The number of hydrogen-bond donors (Lipinski definition) is 2. The number of aryl methyl sites for hydroxylation is 1. The van der Waals surface area contributed by atoms with E-state index in [9.17, 15) is 14.7 Å². The average molecular weight is 265 g/mol. The number of carboxylic acids is 1. The number of amides is 1. The van der Waals surface area contributed by atoms with Gasteiger partial charge in [-0.15, -0.1) is 0 Å². The van der Waals surface area contributed by atoms with Crippen molar-refractivity contribution in [3.8, 4) is 5.75 Å². The maximum Gasteiger partial charge on any atom is 0.323 e. The number of carbonyl (C=O) groups is 2. The first-order valence-electron chi connectivity index (χ1n) is 6.21. The van der Waals surface area contributed by atoms with Gasteiger partial charge >= 0.3 is 5.97 Å². The van der Waals surface area contributed by atoms with Crippen molar-refractivity contribution in [3.05, 3.63) is 29.3 Å². The highest BCUT2D eigenvalue weighted by Gasteiger charge is 2.23. The van der Waals surface area contributed by atoms with E-state index in [1.807, 2.05) is 6.92 Å². The van der Waals surface area contributed by atoms with Crippen LogP contribution in [0, 0.1) is 0 Å². The van der Waals surface area contributed by atoms with E-state index in [-0.39, 0.29) is 23.9 Å². The van der Waals surface area contributed by atoms with Gasteiger partial charge in [-0.25, -0.2) is 0 Å². The van der Waals surface area contributed by atoms with Crippen LogP contribution in [0.15, 0.2) is 18.2 Å². The number of hydrogen-bond acceptors (Lipinski definition) is 3. The predicted octanol–water partition coefficient (Wildman–Crippen LogP) is 1.89. The van der Waals surface area contributed by atoms with Crippen molar-refractivity contribution in [1.29, 1.82) is 0 Å². The van der Waals surface area contributed by atoms with Gasteiger partial charge in [-0.1, -0.05) is 13.0 Å². The van der Waals surface area contributed by atoms with Crippen LogP contribution in [0.3, 0.4) is 0 Å². The summed E-state index contributed by atoms with van der Waals surface area (Å²) in [6, 6.07) is 4.55. The van der Waals surface area contributed by atoms with Crippen LogP contribution in [0.1, 0.15) is 36.7 Å². The zero-order valence-electron chi connectivity index (χ0n) is 11.4. The lowest BCUT2D eigenvalue weighted by atomic mass is 10.1. The molecule has 0 heterocycles. The Morgan fingerprint density at radius 3 is 2.42 bits per heavy atom. The van der Waals surface area contributed by atoms with Gasteiger partial charge in [0, 0.05) is 6.04 Å². The standard InChI is InChI=1S/C14H19NO4/c1-4-10-5-6-12(16)11(7-10)14(19)15(9(2)3)8-13(17)18/h5-7,9,16H,4,8H2,1-3H3,(H,17,18). The molecule has 5 heteroatoms. The number of aliphatic carboxylic acids is 1. The third-order valence-electron chi connectivity index (χ3n) is 2.89. The molecule has 0 atom stereocenters. The van der Waals surface area contributed by atoms with Gasteiger partial charge in [-0.05, 0) is 38.0 Å². The van der Waals surface area contributed by atoms with Gasteiger partial charge in [0.2, 0.25) is 0 Å². The fraction of sp³-hybridized carbons (Fsp3) is 0.429. The number of phenolic OH excluding ortho intramolecular Hbond substituents is 1. The lowest BCUT2D eigenvalue weighted by Crippen LogP contribution is -2.40. The molecule has 0 spiro atoms. The average Bonchev–Trinajstić information content (AvgIpc) is 2.35. The van der Waals surface area contributed by atoms with Crippen molar-refractivity contribution in [2.24, 2.45) is 0 Å². The van der Waals surface area contributed by atoms with Gasteiger partial charge in [-0.2, -0.15) is 0 Å². The summed E-state index contributed by atoms with van der Waals surface area (Å²) in [6.45, 7) is 5.04. The SMILES string of the molecule is CCc1ccc(O)c(C(=O)N(CC(=O)O)C(C)C)c1. The molecule has 104 valence electrons. The predicted molar refractivity (Wildman–Crippen MR) is 71.3 cm³/mol. The largest absolute Gasteiger partial charge is 0.507 e. The molecule has 19 heavy (non-hydrogen) atoms. The third-order valence-corrected chi connectivity index (χ3v) is 2.89. The molecule has 1 aromatic carbocycles. The second kappa shape index (κ2) is 6.22. The van der Waals surface area contributed by atoms with Crippen molar-refractivity contribution in [2.45, 2.75) is 33.2 Å². The molecule has 0 aliphatic carbocycles. The topological polar surface area (TPSA) is 77.8 Å². The molecule has 0 aliphatic heterocycles. The van der Waals surface area contributed by atoms with E-state index >= 15 is 0 Å². The summed E-state index contributed by atoms with van der Waals surface area (Å²) >= 11 is 0. The van der Waals surface area contributed by atoms with E-state index < -0.39 is 11.9 Å². The van der Waals surface area contributed by atoms with Crippen LogP contribution < -0.4 is 0 Å². The first-order chi connectivity index (χ1) is 8.86. The summed E-state index contributed by atoms with van der Waals surface area (Å²) in [5.74, 6) is -1.67. The third kappa shape index (κ3) is 3.71. The van der Waals surface area contributed by atoms with E-state index in [4.69, 9.17) is 5.11 Å². The molecule has 1 aromatic rings. The molecule has 0 saturated carbocycles. The molecular weight excluding hydrogens is 246 g/mol. The molecule has 2 N–H and O–H groups in total. The lowest BCUT2D eigenvalue weighted by Gasteiger charge is -2.25. The van der Waals surface area contributed by atoms with Crippen molar-refractivity contribution >= 4 is 11.9 Å². The van der Waals surface area contributed by atoms with Crippen molar-refractivity contribution in [2.75, 3.05) is 6.54 Å². The molecule has 1 rings (SSSR count). The monoisotopic (exact) mass is 265 g/mol. The Morgan fingerprint density at radius 2 is 1.95 bits per heavy atom. The Hall–Kier alpha value is -2.04. The molecule has 0 bridgehead atoms.